The third kappa shape index (κ3) is 3.93. The molecule has 6 nitrogen and oxygen atoms in total. The van der Waals surface area contributed by atoms with Gasteiger partial charge in [0.2, 0.25) is 6.10 Å². The summed E-state index contributed by atoms with van der Waals surface area (Å²) in [6.45, 7) is 3.04. The lowest BCUT2D eigenvalue weighted by Gasteiger charge is -2.25. The summed E-state index contributed by atoms with van der Waals surface area (Å²) in [6.07, 6.45) is -2.04. The third-order valence-electron chi connectivity index (χ3n) is 3.87. The molecule has 0 saturated carbocycles. The number of hydrogen-bond acceptors (Lipinski definition) is 5. The monoisotopic (exact) mass is 359 g/mol. The minimum Gasteiger partial charge on any atom is -0.485 e. The Morgan fingerprint density at radius 2 is 1.96 bits per heavy atom. The van der Waals surface area contributed by atoms with Crippen molar-refractivity contribution in [2.45, 2.75) is 26.1 Å². The minimum atomic E-state index is -1.08. The van der Waals surface area contributed by atoms with E-state index in [0.717, 1.165) is 0 Å². The maximum atomic E-state index is 13.5. The van der Waals surface area contributed by atoms with Crippen molar-refractivity contribution in [3.8, 4) is 11.5 Å². The first kappa shape index (κ1) is 17.7. The van der Waals surface area contributed by atoms with Crippen LogP contribution in [-0.4, -0.2) is 30.7 Å². The summed E-state index contributed by atoms with van der Waals surface area (Å²) in [5, 5.41) is 2.51. The molecule has 0 bridgehead atoms. The van der Waals surface area contributed by atoms with Gasteiger partial charge in [-0.05, 0) is 43.7 Å². The Hall–Kier alpha value is -3.09. The number of fused-ring (bicyclic) bond motifs is 1. The molecule has 2 atom stereocenters. The fraction of sp³-hybridized carbons (Fsp3) is 0.263. The molecule has 0 aliphatic carbocycles. The molecule has 0 saturated heterocycles. The Morgan fingerprint density at radius 3 is 2.69 bits per heavy atom. The Balaban J connectivity index is 1.57. The average Bonchev–Trinajstić information content (AvgIpc) is 2.64. The highest BCUT2D eigenvalue weighted by Crippen LogP contribution is 2.31. The number of hydrogen-bond donors (Lipinski definition) is 1. The number of ether oxygens (including phenoxy) is 3. The van der Waals surface area contributed by atoms with Gasteiger partial charge in [0.05, 0.1) is 0 Å². The largest absolute Gasteiger partial charge is 0.485 e. The zero-order chi connectivity index (χ0) is 18.7. The van der Waals surface area contributed by atoms with Crippen LogP contribution in [0.1, 0.15) is 12.5 Å². The van der Waals surface area contributed by atoms with Gasteiger partial charge >= 0.3 is 5.97 Å². The summed E-state index contributed by atoms with van der Waals surface area (Å²) in [6, 6.07) is 11.3. The number of amides is 1. The molecule has 136 valence electrons. The summed E-state index contributed by atoms with van der Waals surface area (Å²) in [5.41, 5.74) is 0.754. The van der Waals surface area contributed by atoms with Gasteiger partial charge in [0.1, 0.15) is 12.4 Å². The van der Waals surface area contributed by atoms with E-state index in [1.54, 1.807) is 43.3 Å². The van der Waals surface area contributed by atoms with Crippen molar-refractivity contribution in [2.24, 2.45) is 0 Å². The first-order valence-electron chi connectivity index (χ1n) is 8.10. The van der Waals surface area contributed by atoms with E-state index in [9.17, 15) is 14.0 Å². The zero-order valence-electron chi connectivity index (χ0n) is 14.3. The van der Waals surface area contributed by atoms with E-state index >= 15 is 0 Å². The molecule has 0 radical (unpaired) electrons. The number of benzene rings is 2. The van der Waals surface area contributed by atoms with Crippen molar-refractivity contribution in [2.75, 3.05) is 11.9 Å². The van der Waals surface area contributed by atoms with Crippen LogP contribution in [0.15, 0.2) is 42.5 Å². The normalized spacial score (nSPS) is 16.5. The molecule has 0 spiro atoms. The lowest BCUT2D eigenvalue weighted by molar-refractivity contribution is -0.162. The predicted octanol–water partition coefficient (Wildman–Crippen LogP) is 2.84. The second-order valence-corrected chi connectivity index (χ2v) is 5.90. The molecule has 7 heteroatoms. The van der Waals surface area contributed by atoms with E-state index in [2.05, 4.69) is 5.32 Å². The number of esters is 1. The summed E-state index contributed by atoms with van der Waals surface area (Å²) < 4.78 is 29.7. The van der Waals surface area contributed by atoms with E-state index in [1.165, 1.54) is 13.0 Å². The van der Waals surface area contributed by atoms with Gasteiger partial charge < -0.3 is 19.5 Å². The minimum absolute atomic E-state index is 0.00659. The second kappa shape index (κ2) is 7.43. The van der Waals surface area contributed by atoms with Gasteiger partial charge in [-0.3, -0.25) is 4.79 Å². The molecular weight excluding hydrogens is 341 g/mol. The number of anilines is 1. The van der Waals surface area contributed by atoms with E-state index in [-0.39, 0.29) is 12.3 Å². The molecular formula is C19H18FNO5. The van der Waals surface area contributed by atoms with Crippen molar-refractivity contribution in [3.63, 3.8) is 0 Å². The fourth-order valence-corrected chi connectivity index (χ4v) is 2.35. The lowest BCUT2D eigenvalue weighted by atomic mass is 10.2. The molecule has 1 aliphatic rings. The van der Waals surface area contributed by atoms with Crippen LogP contribution in [0.4, 0.5) is 10.1 Å². The van der Waals surface area contributed by atoms with Gasteiger partial charge in [-0.25, -0.2) is 9.18 Å². The van der Waals surface area contributed by atoms with Gasteiger partial charge in [0, 0.05) is 5.69 Å². The number of carbonyl (C=O) groups excluding carboxylic acids is 2. The molecule has 1 aliphatic heterocycles. The van der Waals surface area contributed by atoms with Crippen LogP contribution in [0.3, 0.4) is 0 Å². The smallest absolute Gasteiger partial charge is 0.351 e. The highest BCUT2D eigenvalue weighted by Gasteiger charge is 2.31. The Morgan fingerprint density at radius 1 is 1.23 bits per heavy atom. The maximum absolute atomic E-state index is 13.5. The van der Waals surface area contributed by atoms with E-state index in [0.29, 0.717) is 17.1 Å². The third-order valence-corrected chi connectivity index (χ3v) is 3.87. The zero-order valence-corrected chi connectivity index (χ0v) is 14.3. The summed E-state index contributed by atoms with van der Waals surface area (Å²) in [7, 11) is 0. The second-order valence-electron chi connectivity index (χ2n) is 5.90. The molecule has 0 fully saturated rings. The first-order valence-corrected chi connectivity index (χ1v) is 8.10. The van der Waals surface area contributed by atoms with Crippen LogP contribution < -0.4 is 14.8 Å². The first-order chi connectivity index (χ1) is 12.4. The van der Waals surface area contributed by atoms with Crippen molar-refractivity contribution in [3.05, 3.63) is 53.8 Å². The standard InChI is InChI=1S/C19H18FNO5/c1-11-7-8-13(9-14(11)20)21-18(22)12(2)25-19(23)17-10-24-15-5-3-4-6-16(15)26-17/h3-9,12,17H,10H2,1-2H3,(H,21,22)/t12-,17-/m1/s1. The van der Waals surface area contributed by atoms with Crippen molar-refractivity contribution in [1.82, 2.24) is 0 Å². The highest BCUT2D eigenvalue weighted by molar-refractivity contribution is 5.95. The SMILES string of the molecule is Cc1ccc(NC(=O)[C@@H](C)OC(=O)[C@H]2COc3ccccc3O2)cc1F. The fourth-order valence-electron chi connectivity index (χ4n) is 2.35. The summed E-state index contributed by atoms with van der Waals surface area (Å²) in [4.78, 5) is 24.3. The highest BCUT2D eigenvalue weighted by atomic mass is 19.1. The van der Waals surface area contributed by atoms with Crippen molar-refractivity contribution >= 4 is 17.6 Å². The van der Waals surface area contributed by atoms with Crippen molar-refractivity contribution < 1.29 is 28.2 Å². The number of aryl methyl sites for hydroxylation is 1. The average molecular weight is 359 g/mol. The van der Waals surface area contributed by atoms with Crippen LogP contribution in [0.2, 0.25) is 0 Å². The van der Waals surface area contributed by atoms with E-state index in [1.807, 2.05) is 0 Å². The van der Waals surface area contributed by atoms with Gasteiger partial charge in [0.15, 0.2) is 17.6 Å². The maximum Gasteiger partial charge on any atom is 0.351 e. The van der Waals surface area contributed by atoms with E-state index < -0.39 is 29.9 Å². The van der Waals surface area contributed by atoms with Gasteiger partial charge in [-0.1, -0.05) is 18.2 Å². The molecule has 3 rings (SSSR count). The number of carbonyl (C=O) groups is 2. The van der Waals surface area contributed by atoms with Crippen LogP contribution in [0.5, 0.6) is 11.5 Å². The summed E-state index contributed by atoms with van der Waals surface area (Å²) in [5.74, 6) is -0.730. The Labute approximate surface area is 149 Å². The van der Waals surface area contributed by atoms with Gasteiger partial charge in [-0.15, -0.1) is 0 Å². The molecule has 1 amide bonds. The van der Waals surface area contributed by atoms with E-state index in [4.69, 9.17) is 14.2 Å². The molecule has 1 N–H and O–H groups in total. The van der Waals surface area contributed by atoms with Crippen LogP contribution in [-0.2, 0) is 14.3 Å². The molecule has 2 aromatic carbocycles. The topological polar surface area (TPSA) is 73.9 Å². The molecule has 2 aromatic rings. The summed E-state index contributed by atoms with van der Waals surface area (Å²) >= 11 is 0. The number of nitrogens with one attached hydrogen (secondary N) is 1. The lowest BCUT2D eigenvalue weighted by Crippen LogP contribution is -2.41. The van der Waals surface area contributed by atoms with Crippen LogP contribution >= 0.6 is 0 Å². The van der Waals surface area contributed by atoms with Crippen LogP contribution in [0.25, 0.3) is 0 Å². The van der Waals surface area contributed by atoms with Gasteiger partial charge in [0.25, 0.3) is 5.91 Å². The molecule has 26 heavy (non-hydrogen) atoms. The number of rotatable bonds is 4. The Bertz CT molecular complexity index is 838. The van der Waals surface area contributed by atoms with Crippen LogP contribution in [0, 0.1) is 12.7 Å². The molecule has 0 aromatic heterocycles. The predicted molar refractivity (Wildman–Crippen MR) is 91.7 cm³/mol. The number of para-hydroxylation sites is 2. The van der Waals surface area contributed by atoms with Gasteiger partial charge in [-0.2, -0.15) is 0 Å². The Kier molecular flexibility index (Phi) is 5.06. The van der Waals surface area contributed by atoms with Crippen molar-refractivity contribution in [1.29, 1.82) is 0 Å². The quantitative estimate of drug-likeness (QED) is 0.850. The number of halogens is 1. The molecule has 0 unspecified atom stereocenters. The molecule has 1 heterocycles.